The summed E-state index contributed by atoms with van der Waals surface area (Å²) < 4.78 is 2.28. The lowest BCUT2D eigenvalue weighted by Crippen LogP contribution is -2.41. The van der Waals surface area contributed by atoms with Crippen LogP contribution in [0.2, 0.25) is 0 Å². The maximum absolute atomic E-state index is 12.7. The zero-order valence-corrected chi connectivity index (χ0v) is 15.7. The fourth-order valence-corrected chi connectivity index (χ4v) is 4.28. The number of thiophene rings is 1. The molecule has 1 aliphatic rings. The first kappa shape index (κ1) is 17.0. The topological polar surface area (TPSA) is 51.0 Å². The summed E-state index contributed by atoms with van der Waals surface area (Å²) in [4.78, 5) is 23.4. The number of carbonyl (C=O) groups is 1. The third kappa shape index (κ3) is 3.42. The highest BCUT2D eigenvalue weighted by molar-refractivity contribution is 7.08. The average molecular weight is 366 g/mol. The van der Waals surface area contributed by atoms with Crippen molar-refractivity contribution in [2.45, 2.75) is 26.3 Å². The Morgan fingerprint density at radius 2 is 2.15 bits per heavy atom. The van der Waals surface area contributed by atoms with Crippen molar-refractivity contribution < 1.29 is 4.79 Å². The highest BCUT2D eigenvalue weighted by atomic mass is 32.1. The molecule has 0 N–H and O–H groups in total. The molecule has 1 aliphatic heterocycles. The Bertz CT molecular complexity index is 873. The molecule has 3 aromatic heterocycles. The predicted octanol–water partition coefficient (Wildman–Crippen LogP) is 3.87. The number of amides is 1. The molecule has 0 aliphatic carbocycles. The molecule has 3 aromatic rings. The summed E-state index contributed by atoms with van der Waals surface area (Å²) in [5.41, 5.74) is 3.04. The second kappa shape index (κ2) is 7.41. The summed E-state index contributed by atoms with van der Waals surface area (Å²) >= 11 is 1.57. The quantitative estimate of drug-likeness (QED) is 0.704. The van der Waals surface area contributed by atoms with E-state index in [1.807, 2.05) is 40.1 Å². The smallest absolute Gasteiger partial charge is 0.254 e. The highest BCUT2D eigenvalue weighted by Crippen LogP contribution is 2.25. The minimum Gasteiger partial charge on any atom is -0.338 e. The van der Waals surface area contributed by atoms with E-state index in [2.05, 4.69) is 21.5 Å². The number of aryl methyl sites for hydroxylation is 1. The number of rotatable bonds is 4. The van der Waals surface area contributed by atoms with Gasteiger partial charge >= 0.3 is 0 Å². The molecule has 1 atom stereocenters. The van der Waals surface area contributed by atoms with Gasteiger partial charge in [0.25, 0.3) is 5.91 Å². The number of nitrogens with zero attached hydrogens (tertiary/aromatic N) is 4. The Labute approximate surface area is 157 Å². The van der Waals surface area contributed by atoms with Gasteiger partial charge in [0.2, 0.25) is 0 Å². The third-order valence-corrected chi connectivity index (χ3v) is 5.69. The van der Waals surface area contributed by atoms with Crippen LogP contribution < -0.4 is 0 Å². The molecular formula is C20H22N4OS. The number of aromatic nitrogens is 3. The van der Waals surface area contributed by atoms with Gasteiger partial charge in [-0.3, -0.25) is 9.78 Å². The summed E-state index contributed by atoms with van der Waals surface area (Å²) in [6, 6.07) is 5.90. The fourth-order valence-electron chi connectivity index (χ4n) is 3.65. The lowest BCUT2D eigenvalue weighted by Gasteiger charge is -2.33. The largest absolute Gasteiger partial charge is 0.338 e. The molecule has 0 spiro atoms. The minimum absolute atomic E-state index is 0.160. The standard InChI is InChI=1S/C20H22N4OS/c1-15-11-22-19(17-4-7-21-8-5-17)24(15)13-16-3-2-9-23(12-16)20(25)18-6-10-26-14-18/h4-8,10-11,14,16H,2-3,9,12-13H2,1H3. The van der Waals surface area contributed by atoms with Gasteiger partial charge in [0.1, 0.15) is 5.82 Å². The van der Waals surface area contributed by atoms with Crippen molar-refractivity contribution >= 4 is 17.2 Å². The first-order valence-electron chi connectivity index (χ1n) is 8.96. The number of likely N-dealkylation sites (tertiary alicyclic amines) is 1. The Hall–Kier alpha value is -2.47. The van der Waals surface area contributed by atoms with Gasteiger partial charge in [-0.25, -0.2) is 4.98 Å². The van der Waals surface area contributed by atoms with Crippen molar-refractivity contribution in [3.8, 4) is 11.4 Å². The van der Waals surface area contributed by atoms with Crippen LogP contribution in [0.4, 0.5) is 0 Å². The molecule has 134 valence electrons. The van der Waals surface area contributed by atoms with E-state index in [1.165, 1.54) is 0 Å². The van der Waals surface area contributed by atoms with E-state index in [-0.39, 0.29) is 5.91 Å². The number of pyridine rings is 1. The molecule has 4 rings (SSSR count). The lowest BCUT2D eigenvalue weighted by atomic mass is 9.97. The average Bonchev–Trinajstić information content (AvgIpc) is 3.33. The molecule has 0 radical (unpaired) electrons. The van der Waals surface area contributed by atoms with Gasteiger partial charge in [-0.15, -0.1) is 0 Å². The van der Waals surface area contributed by atoms with Crippen LogP contribution in [-0.2, 0) is 6.54 Å². The summed E-state index contributed by atoms with van der Waals surface area (Å²) in [6.07, 6.45) is 7.71. The molecule has 1 saturated heterocycles. The van der Waals surface area contributed by atoms with Crippen molar-refractivity contribution in [2.75, 3.05) is 13.1 Å². The van der Waals surface area contributed by atoms with Crippen LogP contribution >= 0.6 is 11.3 Å². The SMILES string of the molecule is Cc1cnc(-c2ccncc2)n1CC1CCCN(C(=O)c2ccsc2)C1. The second-order valence-corrected chi connectivity index (χ2v) is 7.62. The van der Waals surface area contributed by atoms with Crippen LogP contribution in [0.1, 0.15) is 28.9 Å². The second-order valence-electron chi connectivity index (χ2n) is 6.84. The van der Waals surface area contributed by atoms with Crippen molar-refractivity contribution in [1.82, 2.24) is 19.4 Å². The number of hydrogen-bond donors (Lipinski definition) is 0. The van der Waals surface area contributed by atoms with Gasteiger partial charge in [-0.1, -0.05) is 0 Å². The van der Waals surface area contributed by atoms with E-state index < -0.39 is 0 Å². The Kier molecular flexibility index (Phi) is 4.84. The van der Waals surface area contributed by atoms with E-state index >= 15 is 0 Å². The summed E-state index contributed by atoms with van der Waals surface area (Å²) in [6.45, 7) is 4.64. The molecule has 26 heavy (non-hydrogen) atoms. The molecule has 1 unspecified atom stereocenters. The zero-order chi connectivity index (χ0) is 17.9. The molecule has 1 fully saturated rings. The van der Waals surface area contributed by atoms with Gasteiger partial charge in [0.15, 0.2) is 0 Å². The van der Waals surface area contributed by atoms with Gasteiger partial charge < -0.3 is 9.47 Å². The van der Waals surface area contributed by atoms with Crippen molar-refractivity contribution in [1.29, 1.82) is 0 Å². The Morgan fingerprint density at radius 1 is 1.31 bits per heavy atom. The minimum atomic E-state index is 0.160. The monoisotopic (exact) mass is 366 g/mol. The molecular weight excluding hydrogens is 344 g/mol. The maximum Gasteiger partial charge on any atom is 0.254 e. The number of carbonyl (C=O) groups excluding carboxylic acids is 1. The zero-order valence-electron chi connectivity index (χ0n) is 14.8. The van der Waals surface area contributed by atoms with Crippen LogP contribution in [0.15, 0.2) is 47.5 Å². The summed E-state index contributed by atoms with van der Waals surface area (Å²) in [7, 11) is 0. The van der Waals surface area contributed by atoms with Crippen LogP contribution in [0, 0.1) is 12.8 Å². The molecule has 5 nitrogen and oxygen atoms in total. The van der Waals surface area contributed by atoms with Crippen molar-refractivity contribution in [3.05, 3.63) is 58.8 Å². The molecule has 0 aromatic carbocycles. The van der Waals surface area contributed by atoms with Crippen LogP contribution in [0.5, 0.6) is 0 Å². The van der Waals surface area contributed by atoms with Gasteiger partial charge in [0.05, 0.1) is 5.56 Å². The Morgan fingerprint density at radius 3 is 2.92 bits per heavy atom. The predicted molar refractivity (Wildman–Crippen MR) is 103 cm³/mol. The van der Waals surface area contributed by atoms with E-state index in [0.29, 0.717) is 5.92 Å². The lowest BCUT2D eigenvalue weighted by molar-refractivity contribution is 0.0663. The molecule has 0 bridgehead atoms. The van der Waals surface area contributed by atoms with Crippen LogP contribution in [-0.4, -0.2) is 38.4 Å². The van der Waals surface area contributed by atoms with Crippen LogP contribution in [0.25, 0.3) is 11.4 Å². The molecule has 1 amide bonds. The van der Waals surface area contributed by atoms with Gasteiger partial charge in [-0.05, 0) is 49.3 Å². The number of hydrogen-bond acceptors (Lipinski definition) is 4. The molecule has 0 saturated carbocycles. The van der Waals surface area contributed by atoms with Crippen molar-refractivity contribution in [2.24, 2.45) is 5.92 Å². The van der Waals surface area contributed by atoms with E-state index in [4.69, 9.17) is 0 Å². The normalized spacial score (nSPS) is 17.4. The van der Waals surface area contributed by atoms with Crippen LogP contribution in [0.3, 0.4) is 0 Å². The third-order valence-electron chi connectivity index (χ3n) is 5.01. The van der Waals surface area contributed by atoms with Gasteiger partial charge in [-0.2, -0.15) is 11.3 Å². The number of piperidine rings is 1. The van der Waals surface area contributed by atoms with Gasteiger partial charge in [0, 0.05) is 54.9 Å². The van der Waals surface area contributed by atoms with Crippen molar-refractivity contribution in [3.63, 3.8) is 0 Å². The van der Waals surface area contributed by atoms with E-state index in [0.717, 1.165) is 55.1 Å². The summed E-state index contributed by atoms with van der Waals surface area (Å²) in [5.74, 6) is 1.58. The first-order valence-corrected chi connectivity index (χ1v) is 9.90. The first-order chi connectivity index (χ1) is 12.7. The van der Waals surface area contributed by atoms with E-state index in [1.54, 1.807) is 23.7 Å². The highest BCUT2D eigenvalue weighted by Gasteiger charge is 2.26. The molecule has 4 heterocycles. The Balaban J connectivity index is 1.51. The summed E-state index contributed by atoms with van der Waals surface area (Å²) in [5, 5.41) is 3.90. The maximum atomic E-state index is 12.7. The fraction of sp³-hybridized carbons (Fsp3) is 0.350. The molecule has 6 heteroatoms. The number of imidazole rings is 1. The van der Waals surface area contributed by atoms with E-state index in [9.17, 15) is 4.79 Å².